The van der Waals surface area contributed by atoms with E-state index < -0.39 is 12.0 Å². The fourth-order valence-electron chi connectivity index (χ4n) is 2.28. The van der Waals surface area contributed by atoms with E-state index in [1.165, 1.54) is 0 Å². The Labute approximate surface area is 118 Å². The number of allylic oxidation sites excluding steroid dienone is 1. The first-order valence-electron chi connectivity index (χ1n) is 6.81. The molecular weight excluding hydrogens is 254 g/mol. The molecule has 1 amide bonds. The molecule has 1 aromatic rings. The molecule has 2 atom stereocenters. The number of amides is 1. The second-order valence-electron chi connectivity index (χ2n) is 5.18. The summed E-state index contributed by atoms with van der Waals surface area (Å²) in [7, 11) is 0. The highest BCUT2D eigenvalue weighted by Crippen LogP contribution is 2.33. The van der Waals surface area contributed by atoms with Gasteiger partial charge in [-0.2, -0.15) is 0 Å². The molecule has 1 saturated carbocycles. The van der Waals surface area contributed by atoms with E-state index in [0.29, 0.717) is 0 Å². The lowest BCUT2D eigenvalue weighted by molar-refractivity contribution is -0.142. The molecule has 2 N–H and O–H groups in total. The van der Waals surface area contributed by atoms with E-state index in [1.54, 1.807) is 6.08 Å². The van der Waals surface area contributed by atoms with Gasteiger partial charge in [0.1, 0.15) is 6.04 Å². The molecule has 20 heavy (non-hydrogen) atoms. The number of carboxylic acids is 1. The Bertz CT molecular complexity index is 494. The fraction of sp³-hybridized carbons (Fsp3) is 0.375. The summed E-state index contributed by atoms with van der Waals surface area (Å²) in [5, 5.41) is 11.7. The standard InChI is InChI=1S/C16H19NO3/c1-2-11(12-6-4-3-5-7-12)10-14(18)17-15(16(19)20)13-8-9-13/h2-7,11,13,15H,1,8-10H2,(H,17,18)(H,19,20). The van der Waals surface area contributed by atoms with E-state index in [2.05, 4.69) is 11.9 Å². The van der Waals surface area contributed by atoms with Crippen molar-refractivity contribution in [2.45, 2.75) is 31.2 Å². The van der Waals surface area contributed by atoms with Crippen molar-refractivity contribution in [2.24, 2.45) is 5.92 Å². The Morgan fingerprint density at radius 2 is 2.00 bits per heavy atom. The van der Waals surface area contributed by atoms with Crippen LogP contribution in [0.25, 0.3) is 0 Å². The number of carbonyl (C=O) groups excluding carboxylic acids is 1. The van der Waals surface area contributed by atoms with Gasteiger partial charge in [-0.1, -0.05) is 36.4 Å². The van der Waals surface area contributed by atoms with Crippen LogP contribution in [0.3, 0.4) is 0 Å². The predicted octanol–water partition coefficient (Wildman–Crippen LogP) is 2.33. The Kier molecular flexibility index (Phi) is 4.56. The molecule has 1 aliphatic carbocycles. The molecule has 1 aliphatic rings. The maximum Gasteiger partial charge on any atom is 0.326 e. The number of hydrogen-bond donors (Lipinski definition) is 2. The fourth-order valence-corrected chi connectivity index (χ4v) is 2.28. The van der Waals surface area contributed by atoms with Gasteiger partial charge < -0.3 is 10.4 Å². The molecule has 0 aromatic heterocycles. The SMILES string of the molecule is C=CC(CC(=O)NC(C(=O)O)C1CC1)c1ccccc1. The van der Waals surface area contributed by atoms with Crippen LogP contribution in [-0.4, -0.2) is 23.0 Å². The summed E-state index contributed by atoms with van der Waals surface area (Å²) >= 11 is 0. The number of hydrogen-bond acceptors (Lipinski definition) is 2. The van der Waals surface area contributed by atoms with Crippen LogP contribution in [0.2, 0.25) is 0 Å². The summed E-state index contributed by atoms with van der Waals surface area (Å²) in [6.07, 6.45) is 3.70. The number of benzene rings is 1. The lowest BCUT2D eigenvalue weighted by atomic mass is 9.95. The molecule has 0 bridgehead atoms. The summed E-state index contributed by atoms with van der Waals surface area (Å²) in [5.74, 6) is -1.19. The van der Waals surface area contributed by atoms with Gasteiger partial charge in [0.25, 0.3) is 0 Å². The number of aliphatic carboxylic acids is 1. The van der Waals surface area contributed by atoms with Crippen molar-refractivity contribution in [3.63, 3.8) is 0 Å². The summed E-state index contributed by atoms with van der Waals surface area (Å²) in [6, 6.07) is 8.87. The Balaban J connectivity index is 1.95. The molecule has 106 valence electrons. The van der Waals surface area contributed by atoms with Gasteiger partial charge in [0, 0.05) is 12.3 Å². The number of carboxylic acid groups (broad SMARTS) is 1. The zero-order valence-corrected chi connectivity index (χ0v) is 11.3. The van der Waals surface area contributed by atoms with E-state index in [-0.39, 0.29) is 24.2 Å². The monoisotopic (exact) mass is 273 g/mol. The molecule has 4 nitrogen and oxygen atoms in total. The summed E-state index contributed by atoms with van der Waals surface area (Å²) < 4.78 is 0. The first kappa shape index (κ1) is 14.3. The molecule has 2 unspecified atom stereocenters. The first-order valence-corrected chi connectivity index (χ1v) is 6.81. The highest BCUT2D eigenvalue weighted by atomic mass is 16.4. The van der Waals surface area contributed by atoms with Gasteiger partial charge in [-0.05, 0) is 24.3 Å². The highest BCUT2D eigenvalue weighted by molar-refractivity contribution is 5.84. The van der Waals surface area contributed by atoms with Gasteiger partial charge in [-0.25, -0.2) is 4.79 Å². The summed E-state index contributed by atoms with van der Waals surface area (Å²) in [4.78, 5) is 23.1. The third-order valence-electron chi connectivity index (χ3n) is 3.59. The highest BCUT2D eigenvalue weighted by Gasteiger charge is 2.37. The first-order chi connectivity index (χ1) is 9.61. The van der Waals surface area contributed by atoms with Crippen molar-refractivity contribution in [1.29, 1.82) is 0 Å². The maximum absolute atomic E-state index is 12.0. The summed E-state index contributed by atoms with van der Waals surface area (Å²) in [6.45, 7) is 3.76. The Morgan fingerprint density at radius 3 is 2.50 bits per heavy atom. The molecule has 2 rings (SSSR count). The molecule has 0 radical (unpaired) electrons. The normalized spacial score (nSPS) is 17.0. The molecule has 0 aliphatic heterocycles. The van der Waals surface area contributed by atoms with Crippen LogP contribution in [0.5, 0.6) is 0 Å². The van der Waals surface area contributed by atoms with E-state index in [1.807, 2.05) is 30.3 Å². The van der Waals surface area contributed by atoms with E-state index >= 15 is 0 Å². The van der Waals surface area contributed by atoms with E-state index in [0.717, 1.165) is 18.4 Å². The van der Waals surface area contributed by atoms with E-state index in [9.17, 15) is 9.59 Å². The van der Waals surface area contributed by atoms with Gasteiger partial charge in [0.15, 0.2) is 0 Å². The van der Waals surface area contributed by atoms with Crippen molar-refractivity contribution in [1.82, 2.24) is 5.32 Å². The van der Waals surface area contributed by atoms with Crippen LogP contribution in [0.15, 0.2) is 43.0 Å². The van der Waals surface area contributed by atoms with Gasteiger partial charge >= 0.3 is 5.97 Å². The molecule has 0 saturated heterocycles. The van der Waals surface area contributed by atoms with Crippen LogP contribution in [0.1, 0.15) is 30.7 Å². The van der Waals surface area contributed by atoms with Gasteiger partial charge in [-0.3, -0.25) is 4.79 Å². The van der Waals surface area contributed by atoms with Crippen LogP contribution in [0, 0.1) is 5.92 Å². The van der Waals surface area contributed by atoms with Crippen molar-refractivity contribution in [3.05, 3.63) is 48.6 Å². The third kappa shape index (κ3) is 3.70. The van der Waals surface area contributed by atoms with Crippen LogP contribution in [-0.2, 0) is 9.59 Å². The Morgan fingerprint density at radius 1 is 1.35 bits per heavy atom. The molecule has 0 spiro atoms. The molecule has 4 heteroatoms. The minimum atomic E-state index is -0.948. The topological polar surface area (TPSA) is 66.4 Å². The average molecular weight is 273 g/mol. The van der Waals surface area contributed by atoms with Gasteiger partial charge in [0.2, 0.25) is 5.91 Å². The van der Waals surface area contributed by atoms with Crippen molar-refractivity contribution in [3.8, 4) is 0 Å². The largest absolute Gasteiger partial charge is 0.480 e. The average Bonchev–Trinajstić information content (AvgIpc) is 3.27. The van der Waals surface area contributed by atoms with Crippen LogP contribution >= 0.6 is 0 Å². The van der Waals surface area contributed by atoms with Crippen LogP contribution in [0.4, 0.5) is 0 Å². The quantitative estimate of drug-likeness (QED) is 0.749. The minimum absolute atomic E-state index is 0.0927. The predicted molar refractivity (Wildman–Crippen MR) is 76.3 cm³/mol. The van der Waals surface area contributed by atoms with Crippen LogP contribution < -0.4 is 5.32 Å². The lowest BCUT2D eigenvalue weighted by Crippen LogP contribution is -2.42. The van der Waals surface area contributed by atoms with Crippen molar-refractivity contribution >= 4 is 11.9 Å². The smallest absolute Gasteiger partial charge is 0.326 e. The number of nitrogens with one attached hydrogen (secondary N) is 1. The van der Waals surface area contributed by atoms with Crippen molar-refractivity contribution in [2.75, 3.05) is 0 Å². The molecular formula is C16H19NO3. The second-order valence-corrected chi connectivity index (χ2v) is 5.18. The van der Waals surface area contributed by atoms with Crippen molar-refractivity contribution < 1.29 is 14.7 Å². The molecule has 0 heterocycles. The Hall–Kier alpha value is -2.10. The number of carbonyl (C=O) groups is 2. The third-order valence-corrected chi connectivity index (χ3v) is 3.59. The summed E-state index contributed by atoms with van der Waals surface area (Å²) in [5.41, 5.74) is 1.01. The maximum atomic E-state index is 12.0. The lowest BCUT2D eigenvalue weighted by Gasteiger charge is -2.16. The molecule has 1 fully saturated rings. The zero-order valence-electron chi connectivity index (χ0n) is 11.3. The van der Waals surface area contributed by atoms with Gasteiger partial charge in [0.05, 0.1) is 0 Å². The minimum Gasteiger partial charge on any atom is -0.480 e. The second kappa shape index (κ2) is 6.37. The molecule has 1 aromatic carbocycles. The van der Waals surface area contributed by atoms with E-state index in [4.69, 9.17) is 5.11 Å². The van der Waals surface area contributed by atoms with Gasteiger partial charge in [-0.15, -0.1) is 6.58 Å². The zero-order chi connectivity index (χ0) is 14.5. The number of rotatable bonds is 7.